The van der Waals surface area contributed by atoms with Gasteiger partial charge in [0.25, 0.3) is 0 Å². The fourth-order valence-corrected chi connectivity index (χ4v) is 3.56. The molecular formula is C15H21N3O2S. The zero-order chi connectivity index (χ0) is 15.7. The Balaban J connectivity index is 2.36. The molecule has 114 valence electrons. The van der Waals surface area contributed by atoms with Crippen molar-refractivity contribution in [2.45, 2.75) is 31.7 Å². The third-order valence-electron chi connectivity index (χ3n) is 3.26. The van der Waals surface area contributed by atoms with Crippen molar-refractivity contribution in [3.63, 3.8) is 0 Å². The molecule has 6 heteroatoms. The average molecular weight is 307 g/mol. The molecule has 0 saturated carbocycles. The summed E-state index contributed by atoms with van der Waals surface area (Å²) in [4.78, 5) is 0.176. The summed E-state index contributed by atoms with van der Waals surface area (Å²) in [6.07, 6.45) is 2.85. The van der Waals surface area contributed by atoms with Crippen molar-refractivity contribution in [2.75, 3.05) is 0 Å². The van der Waals surface area contributed by atoms with E-state index in [1.807, 2.05) is 51.1 Å². The Bertz CT molecular complexity index is 700. The number of hydrogen-bond donors (Lipinski definition) is 1. The third kappa shape index (κ3) is 3.71. The summed E-state index contributed by atoms with van der Waals surface area (Å²) in [5.74, 6) is 0. The number of aromatic nitrogens is 2. The van der Waals surface area contributed by atoms with Crippen molar-refractivity contribution in [1.29, 1.82) is 0 Å². The minimum Gasteiger partial charge on any atom is -0.274 e. The molecule has 2 rings (SSSR count). The molecule has 0 spiro atoms. The summed E-state index contributed by atoms with van der Waals surface area (Å²) in [7, 11) is -1.91. The minimum atomic E-state index is -3.60. The summed E-state index contributed by atoms with van der Waals surface area (Å²) >= 11 is 0. The third-order valence-corrected chi connectivity index (χ3v) is 4.64. The van der Waals surface area contributed by atoms with Crippen LogP contribution in [-0.4, -0.2) is 18.2 Å². The fourth-order valence-electron chi connectivity index (χ4n) is 2.15. The van der Waals surface area contributed by atoms with Crippen LogP contribution in [0.1, 0.15) is 32.4 Å². The molecule has 0 fully saturated rings. The van der Waals surface area contributed by atoms with E-state index in [0.29, 0.717) is 0 Å². The van der Waals surface area contributed by atoms with E-state index >= 15 is 0 Å². The van der Waals surface area contributed by atoms with Gasteiger partial charge in [0.05, 0.1) is 12.2 Å². The lowest BCUT2D eigenvalue weighted by atomic mass is 9.83. The van der Waals surface area contributed by atoms with Crippen LogP contribution < -0.4 is 4.72 Å². The molecule has 21 heavy (non-hydrogen) atoms. The first-order chi connectivity index (χ1) is 9.70. The highest BCUT2D eigenvalue weighted by Crippen LogP contribution is 2.33. The second-order valence-corrected chi connectivity index (χ2v) is 7.89. The van der Waals surface area contributed by atoms with Crippen LogP contribution in [0, 0.1) is 5.41 Å². The molecule has 2 aromatic rings. The highest BCUT2D eigenvalue weighted by molar-refractivity contribution is 7.89. The Morgan fingerprint density at radius 1 is 1.19 bits per heavy atom. The van der Waals surface area contributed by atoms with Crippen molar-refractivity contribution < 1.29 is 8.42 Å². The number of nitrogens with one attached hydrogen (secondary N) is 1. The molecule has 1 heterocycles. The second kappa shape index (κ2) is 5.61. The van der Waals surface area contributed by atoms with E-state index in [-0.39, 0.29) is 16.4 Å². The summed E-state index contributed by atoms with van der Waals surface area (Å²) in [6, 6.07) is 9.28. The van der Waals surface area contributed by atoms with Crippen LogP contribution in [0.2, 0.25) is 0 Å². The minimum absolute atomic E-state index is 0.176. The number of nitrogens with zero attached hydrogens (tertiary/aromatic N) is 2. The van der Waals surface area contributed by atoms with Gasteiger partial charge in [0.2, 0.25) is 10.0 Å². The Morgan fingerprint density at radius 2 is 1.81 bits per heavy atom. The number of rotatable bonds is 4. The van der Waals surface area contributed by atoms with Gasteiger partial charge in [0, 0.05) is 13.2 Å². The van der Waals surface area contributed by atoms with E-state index in [9.17, 15) is 8.42 Å². The van der Waals surface area contributed by atoms with Gasteiger partial charge in [-0.05, 0) is 11.0 Å². The maximum Gasteiger partial charge on any atom is 0.244 e. The molecule has 1 aromatic heterocycles. The van der Waals surface area contributed by atoms with Crippen LogP contribution in [0.3, 0.4) is 0 Å². The predicted octanol–water partition coefficient (Wildman–Crippen LogP) is 2.49. The summed E-state index contributed by atoms with van der Waals surface area (Å²) < 4.78 is 29.3. The largest absolute Gasteiger partial charge is 0.274 e. The Labute approximate surface area is 126 Å². The van der Waals surface area contributed by atoms with Crippen molar-refractivity contribution in [3.8, 4) is 0 Å². The molecule has 5 nitrogen and oxygen atoms in total. The molecule has 0 bridgehead atoms. The lowest BCUT2D eigenvalue weighted by Gasteiger charge is -2.31. The number of benzene rings is 1. The first kappa shape index (κ1) is 15.7. The summed E-state index contributed by atoms with van der Waals surface area (Å²) in [5, 5.41) is 3.92. The van der Waals surface area contributed by atoms with Gasteiger partial charge in [-0.2, -0.15) is 5.10 Å². The van der Waals surface area contributed by atoms with Crippen LogP contribution >= 0.6 is 0 Å². The number of sulfonamides is 1. The average Bonchev–Trinajstić information content (AvgIpc) is 2.83. The van der Waals surface area contributed by atoms with Gasteiger partial charge in [-0.1, -0.05) is 51.1 Å². The van der Waals surface area contributed by atoms with Crippen molar-refractivity contribution in [1.82, 2.24) is 14.5 Å². The van der Waals surface area contributed by atoms with Crippen molar-refractivity contribution >= 4 is 10.0 Å². The molecule has 1 N–H and O–H groups in total. The van der Waals surface area contributed by atoms with Gasteiger partial charge in [0.15, 0.2) is 0 Å². The number of hydrogen-bond acceptors (Lipinski definition) is 3. The zero-order valence-electron chi connectivity index (χ0n) is 12.7. The second-order valence-electron chi connectivity index (χ2n) is 6.18. The Kier molecular flexibility index (Phi) is 4.20. The SMILES string of the molecule is Cn1cc(S(=O)(=O)NC(c2ccccc2)C(C)(C)C)cn1. The molecule has 0 aliphatic carbocycles. The molecule has 0 radical (unpaired) electrons. The number of aryl methyl sites for hydroxylation is 1. The van der Waals surface area contributed by atoms with E-state index in [4.69, 9.17) is 0 Å². The fraction of sp³-hybridized carbons (Fsp3) is 0.400. The van der Waals surface area contributed by atoms with Gasteiger partial charge in [-0.15, -0.1) is 0 Å². The first-order valence-electron chi connectivity index (χ1n) is 6.76. The first-order valence-corrected chi connectivity index (χ1v) is 8.24. The van der Waals surface area contributed by atoms with Gasteiger partial charge in [0.1, 0.15) is 4.90 Å². The molecule has 1 atom stereocenters. The standard InChI is InChI=1S/C15H21N3O2S/c1-15(2,3)14(12-8-6-5-7-9-12)17-21(19,20)13-10-16-18(4)11-13/h5-11,14,17H,1-4H3. The topological polar surface area (TPSA) is 64.0 Å². The van der Waals surface area contributed by atoms with E-state index in [0.717, 1.165) is 5.56 Å². The van der Waals surface area contributed by atoms with Gasteiger partial charge in [-0.3, -0.25) is 4.68 Å². The molecular weight excluding hydrogens is 286 g/mol. The van der Waals surface area contributed by atoms with E-state index in [2.05, 4.69) is 9.82 Å². The zero-order valence-corrected chi connectivity index (χ0v) is 13.6. The van der Waals surface area contributed by atoms with Crippen LogP contribution in [-0.2, 0) is 17.1 Å². The lowest BCUT2D eigenvalue weighted by Crippen LogP contribution is -2.36. The molecule has 0 aliphatic heterocycles. The van der Waals surface area contributed by atoms with E-state index < -0.39 is 10.0 Å². The van der Waals surface area contributed by atoms with Crippen molar-refractivity contribution in [3.05, 3.63) is 48.3 Å². The Hall–Kier alpha value is -1.66. The quantitative estimate of drug-likeness (QED) is 0.944. The van der Waals surface area contributed by atoms with Crippen LogP contribution in [0.15, 0.2) is 47.6 Å². The van der Waals surface area contributed by atoms with E-state index in [1.54, 1.807) is 7.05 Å². The van der Waals surface area contributed by atoms with Gasteiger partial charge >= 0.3 is 0 Å². The molecule has 0 amide bonds. The highest BCUT2D eigenvalue weighted by atomic mass is 32.2. The molecule has 0 saturated heterocycles. The maximum absolute atomic E-state index is 12.5. The maximum atomic E-state index is 12.5. The van der Waals surface area contributed by atoms with Gasteiger partial charge in [-0.25, -0.2) is 13.1 Å². The summed E-state index contributed by atoms with van der Waals surface area (Å²) in [6.45, 7) is 6.03. The Morgan fingerprint density at radius 3 is 2.29 bits per heavy atom. The lowest BCUT2D eigenvalue weighted by molar-refractivity contribution is 0.304. The smallest absolute Gasteiger partial charge is 0.244 e. The van der Waals surface area contributed by atoms with Crippen LogP contribution in [0.4, 0.5) is 0 Å². The highest BCUT2D eigenvalue weighted by Gasteiger charge is 2.31. The van der Waals surface area contributed by atoms with E-state index in [1.165, 1.54) is 17.1 Å². The molecule has 0 aliphatic rings. The normalized spacial score (nSPS) is 14.1. The monoisotopic (exact) mass is 307 g/mol. The van der Waals surface area contributed by atoms with Crippen LogP contribution in [0.5, 0.6) is 0 Å². The predicted molar refractivity (Wildman–Crippen MR) is 82.2 cm³/mol. The van der Waals surface area contributed by atoms with Gasteiger partial charge < -0.3 is 0 Å². The molecule has 1 unspecified atom stereocenters. The van der Waals surface area contributed by atoms with Crippen LogP contribution in [0.25, 0.3) is 0 Å². The van der Waals surface area contributed by atoms with Crippen molar-refractivity contribution in [2.24, 2.45) is 12.5 Å². The summed E-state index contributed by atoms with van der Waals surface area (Å²) in [5.41, 5.74) is 0.689. The molecule has 1 aromatic carbocycles.